The summed E-state index contributed by atoms with van der Waals surface area (Å²) in [6.07, 6.45) is 2.47. The zero-order valence-corrected chi connectivity index (χ0v) is 12.1. The van der Waals surface area contributed by atoms with Crippen LogP contribution >= 0.6 is 0 Å². The van der Waals surface area contributed by atoms with Crippen molar-refractivity contribution in [3.63, 3.8) is 0 Å². The normalized spacial score (nSPS) is 15.2. The third-order valence-corrected chi connectivity index (χ3v) is 3.28. The first-order valence-corrected chi connectivity index (χ1v) is 6.97. The van der Waals surface area contributed by atoms with E-state index in [1.807, 2.05) is 0 Å². The molecule has 114 valence electrons. The molecule has 2 rings (SSSR count). The van der Waals surface area contributed by atoms with Gasteiger partial charge in [0.2, 0.25) is 5.88 Å². The van der Waals surface area contributed by atoms with Crippen LogP contribution in [0.15, 0.2) is 18.3 Å². The molecule has 1 saturated heterocycles. The molecule has 1 aromatic heterocycles. The Morgan fingerprint density at radius 3 is 2.95 bits per heavy atom. The maximum absolute atomic E-state index is 12.0. The van der Waals surface area contributed by atoms with E-state index in [4.69, 9.17) is 4.74 Å². The van der Waals surface area contributed by atoms with E-state index in [-0.39, 0.29) is 6.54 Å². The van der Waals surface area contributed by atoms with E-state index in [1.165, 1.54) is 0 Å². The summed E-state index contributed by atoms with van der Waals surface area (Å²) >= 11 is 0. The van der Waals surface area contributed by atoms with E-state index in [0.29, 0.717) is 19.0 Å². The fourth-order valence-electron chi connectivity index (χ4n) is 2.09. The average Bonchev–Trinajstić information content (AvgIpc) is 2.81. The van der Waals surface area contributed by atoms with Crippen LogP contribution in [-0.4, -0.2) is 55.0 Å². The van der Waals surface area contributed by atoms with Crippen molar-refractivity contribution >= 4 is 11.8 Å². The molecule has 1 aliphatic heterocycles. The van der Waals surface area contributed by atoms with Gasteiger partial charge in [-0.25, -0.2) is 4.98 Å². The van der Waals surface area contributed by atoms with Crippen molar-refractivity contribution in [3.8, 4) is 5.88 Å². The highest BCUT2D eigenvalue weighted by atomic mass is 16.5. The molecule has 0 radical (unpaired) electrons. The van der Waals surface area contributed by atoms with Gasteiger partial charge in [-0.3, -0.25) is 9.59 Å². The number of nitrogens with one attached hydrogen (secondary N) is 2. The molecule has 2 N–H and O–H groups in total. The molecule has 0 atom stereocenters. The highest BCUT2D eigenvalue weighted by molar-refractivity contribution is 6.34. The van der Waals surface area contributed by atoms with E-state index >= 15 is 0 Å². The third kappa shape index (κ3) is 4.42. The lowest BCUT2D eigenvalue weighted by molar-refractivity contribution is -0.145. The lowest BCUT2D eigenvalue weighted by Crippen LogP contribution is -2.44. The first-order valence-electron chi connectivity index (χ1n) is 6.97. The quantitative estimate of drug-likeness (QED) is 0.736. The maximum atomic E-state index is 12.0. The summed E-state index contributed by atoms with van der Waals surface area (Å²) in [6, 6.07) is 3.51. The molecule has 7 nitrogen and oxygen atoms in total. The molecule has 0 unspecified atom stereocenters. The van der Waals surface area contributed by atoms with Crippen LogP contribution < -0.4 is 15.4 Å². The zero-order valence-electron chi connectivity index (χ0n) is 12.1. The largest absolute Gasteiger partial charge is 0.481 e. The number of carbonyl (C=O) groups excluding carboxylic acids is 2. The van der Waals surface area contributed by atoms with E-state index < -0.39 is 11.8 Å². The van der Waals surface area contributed by atoms with Gasteiger partial charge in [-0.15, -0.1) is 0 Å². The number of amides is 2. The van der Waals surface area contributed by atoms with Crippen molar-refractivity contribution in [2.24, 2.45) is 0 Å². The molecule has 0 aliphatic carbocycles. The molecule has 1 aromatic rings. The number of rotatable bonds is 3. The number of aromatic nitrogens is 1. The first kappa shape index (κ1) is 15.2. The maximum Gasteiger partial charge on any atom is 0.311 e. The van der Waals surface area contributed by atoms with E-state index in [2.05, 4.69) is 15.6 Å². The summed E-state index contributed by atoms with van der Waals surface area (Å²) in [6.45, 7) is 3.05. The minimum atomic E-state index is -0.576. The van der Waals surface area contributed by atoms with E-state index in [1.54, 1.807) is 30.3 Å². The summed E-state index contributed by atoms with van der Waals surface area (Å²) in [5.74, 6) is -0.536. The van der Waals surface area contributed by atoms with Crippen molar-refractivity contribution in [3.05, 3.63) is 23.9 Å². The van der Waals surface area contributed by atoms with Crippen molar-refractivity contribution in [2.75, 3.05) is 33.3 Å². The Labute approximate surface area is 123 Å². The number of methoxy groups -OCH3 is 1. The second-order valence-corrected chi connectivity index (χ2v) is 4.79. The molecule has 2 heterocycles. The van der Waals surface area contributed by atoms with Gasteiger partial charge in [-0.2, -0.15) is 0 Å². The minimum absolute atomic E-state index is 0.271. The standard InChI is InChI=1S/C14H20N4O3/c1-21-12-4-3-11(9-16-12)10-17-13(19)14(20)18-7-2-5-15-6-8-18/h3-4,9,15H,2,5-8,10H2,1H3,(H,17,19). The fraction of sp³-hybridized carbons (Fsp3) is 0.500. The van der Waals surface area contributed by atoms with Crippen LogP contribution in [0.4, 0.5) is 0 Å². The predicted molar refractivity (Wildman–Crippen MR) is 76.7 cm³/mol. The molecule has 0 saturated carbocycles. The lowest BCUT2D eigenvalue weighted by Gasteiger charge is -2.19. The van der Waals surface area contributed by atoms with Crippen LogP contribution in [0.5, 0.6) is 5.88 Å². The molecule has 0 bridgehead atoms. The molecular formula is C14H20N4O3. The van der Waals surface area contributed by atoms with Crippen molar-refractivity contribution in [1.82, 2.24) is 20.5 Å². The molecule has 0 spiro atoms. The Bertz CT molecular complexity index is 481. The number of ether oxygens (including phenoxy) is 1. The van der Waals surface area contributed by atoms with Gasteiger partial charge in [-0.05, 0) is 18.5 Å². The van der Waals surface area contributed by atoms with Gasteiger partial charge in [0.25, 0.3) is 0 Å². The van der Waals surface area contributed by atoms with Crippen LogP contribution in [0, 0.1) is 0 Å². The second kappa shape index (κ2) is 7.58. The minimum Gasteiger partial charge on any atom is -0.481 e. The lowest BCUT2D eigenvalue weighted by atomic mass is 10.3. The molecule has 2 amide bonds. The number of pyridine rings is 1. The SMILES string of the molecule is COc1ccc(CNC(=O)C(=O)N2CCCNCC2)cn1. The summed E-state index contributed by atoms with van der Waals surface area (Å²) in [7, 11) is 1.54. The molecular weight excluding hydrogens is 272 g/mol. The van der Waals surface area contributed by atoms with Gasteiger partial charge in [0, 0.05) is 38.4 Å². The van der Waals surface area contributed by atoms with Gasteiger partial charge < -0.3 is 20.3 Å². The zero-order chi connectivity index (χ0) is 15.1. The Morgan fingerprint density at radius 1 is 1.38 bits per heavy atom. The van der Waals surface area contributed by atoms with E-state index in [9.17, 15) is 9.59 Å². The van der Waals surface area contributed by atoms with Gasteiger partial charge in [0.15, 0.2) is 0 Å². The van der Waals surface area contributed by atoms with Crippen molar-refractivity contribution < 1.29 is 14.3 Å². The number of hydrogen-bond donors (Lipinski definition) is 2. The molecule has 0 aromatic carbocycles. The highest BCUT2D eigenvalue weighted by Gasteiger charge is 2.22. The van der Waals surface area contributed by atoms with Crippen molar-refractivity contribution in [1.29, 1.82) is 0 Å². The van der Waals surface area contributed by atoms with Crippen LogP contribution in [-0.2, 0) is 16.1 Å². The van der Waals surface area contributed by atoms with E-state index in [0.717, 1.165) is 25.1 Å². The Hall–Kier alpha value is -2.15. The van der Waals surface area contributed by atoms with Crippen LogP contribution in [0.25, 0.3) is 0 Å². The van der Waals surface area contributed by atoms with Gasteiger partial charge >= 0.3 is 11.8 Å². The molecule has 1 fully saturated rings. The van der Waals surface area contributed by atoms with Gasteiger partial charge in [0.05, 0.1) is 7.11 Å². The fourth-order valence-corrected chi connectivity index (χ4v) is 2.09. The summed E-state index contributed by atoms with van der Waals surface area (Å²) < 4.78 is 4.96. The number of carbonyl (C=O) groups is 2. The Morgan fingerprint density at radius 2 is 2.24 bits per heavy atom. The third-order valence-electron chi connectivity index (χ3n) is 3.28. The van der Waals surface area contributed by atoms with Crippen LogP contribution in [0.1, 0.15) is 12.0 Å². The van der Waals surface area contributed by atoms with Crippen LogP contribution in [0.2, 0.25) is 0 Å². The number of nitrogens with zero attached hydrogens (tertiary/aromatic N) is 2. The van der Waals surface area contributed by atoms with Crippen LogP contribution in [0.3, 0.4) is 0 Å². The second-order valence-electron chi connectivity index (χ2n) is 4.79. The molecule has 21 heavy (non-hydrogen) atoms. The first-order chi connectivity index (χ1) is 10.2. The Kier molecular flexibility index (Phi) is 5.51. The topological polar surface area (TPSA) is 83.6 Å². The monoisotopic (exact) mass is 292 g/mol. The molecule has 7 heteroatoms. The summed E-state index contributed by atoms with van der Waals surface area (Å²) in [4.78, 5) is 29.5. The van der Waals surface area contributed by atoms with Gasteiger partial charge in [-0.1, -0.05) is 6.07 Å². The highest BCUT2D eigenvalue weighted by Crippen LogP contribution is 2.06. The Balaban J connectivity index is 1.83. The average molecular weight is 292 g/mol. The predicted octanol–water partition coefficient (Wildman–Crippen LogP) is -0.472. The van der Waals surface area contributed by atoms with Crippen molar-refractivity contribution in [2.45, 2.75) is 13.0 Å². The smallest absolute Gasteiger partial charge is 0.311 e. The van der Waals surface area contributed by atoms with Gasteiger partial charge in [0.1, 0.15) is 0 Å². The number of hydrogen-bond acceptors (Lipinski definition) is 5. The summed E-state index contributed by atoms with van der Waals surface area (Å²) in [5, 5.41) is 5.82. The molecule has 1 aliphatic rings. The summed E-state index contributed by atoms with van der Waals surface area (Å²) in [5.41, 5.74) is 0.814.